The molecule has 1 rings (SSSR count). The lowest BCUT2D eigenvalue weighted by atomic mass is 9.86. The van der Waals surface area contributed by atoms with Crippen LogP contribution < -0.4 is 0 Å². The van der Waals surface area contributed by atoms with Crippen LogP contribution in [0.15, 0.2) is 0 Å². The van der Waals surface area contributed by atoms with Gasteiger partial charge in [0.2, 0.25) is 0 Å². The fraction of sp³-hybridized carbons (Fsp3) is 0.857. The normalized spacial score (nSPS) is 41.2. The Balaban J connectivity index is 2.45. The Bertz CT molecular complexity index is 127. The summed E-state index contributed by atoms with van der Waals surface area (Å²) < 4.78 is 0. The van der Waals surface area contributed by atoms with Crippen molar-refractivity contribution >= 4 is 6.21 Å². The number of hydrogen-bond acceptors (Lipinski definition) is 3. The van der Waals surface area contributed by atoms with Crippen molar-refractivity contribution < 1.29 is 10.2 Å². The summed E-state index contributed by atoms with van der Waals surface area (Å²) in [5.74, 6) is -0.122. The molecule has 10 heavy (non-hydrogen) atoms. The molecular weight excluding hydrogens is 130 g/mol. The maximum absolute atomic E-state index is 9.22. The number of hydrogen-bond donors (Lipinski definition) is 3. The molecule has 0 heterocycles. The van der Waals surface area contributed by atoms with E-state index in [2.05, 4.69) is 0 Å². The van der Waals surface area contributed by atoms with Crippen LogP contribution in [0.25, 0.3) is 0 Å². The summed E-state index contributed by atoms with van der Waals surface area (Å²) in [4.78, 5) is 0. The smallest absolute Gasteiger partial charge is 0.0619 e. The van der Waals surface area contributed by atoms with E-state index in [1.165, 1.54) is 6.21 Å². The van der Waals surface area contributed by atoms with E-state index in [1.54, 1.807) is 0 Å². The van der Waals surface area contributed by atoms with Crippen molar-refractivity contribution in [2.45, 2.75) is 31.5 Å². The predicted octanol–water partition coefficient (Wildman–Crippen LogP) is 0.158. The van der Waals surface area contributed by atoms with E-state index in [9.17, 15) is 5.11 Å². The number of aliphatic hydroxyl groups excluding tert-OH is 2. The first-order chi connectivity index (χ1) is 4.74. The SMILES string of the molecule is N=CC1CC(O)CCC1O. The molecule has 0 aliphatic heterocycles. The van der Waals surface area contributed by atoms with Crippen molar-refractivity contribution in [1.82, 2.24) is 0 Å². The van der Waals surface area contributed by atoms with Gasteiger partial charge in [-0.2, -0.15) is 0 Å². The van der Waals surface area contributed by atoms with Gasteiger partial charge in [-0.25, -0.2) is 0 Å². The van der Waals surface area contributed by atoms with Gasteiger partial charge < -0.3 is 15.6 Å². The Morgan fingerprint density at radius 1 is 1.30 bits per heavy atom. The zero-order chi connectivity index (χ0) is 7.56. The zero-order valence-corrected chi connectivity index (χ0v) is 5.83. The Hall–Kier alpha value is -0.410. The van der Waals surface area contributed by atoms with Gasteiger partial charge in [-0.1, -0.05) is 0 Å². The molecule has 0 radical (unpaired) electrons. The van der Waals surface area contributed by atoms with Gasteiger partial charge in [0.15, 0.2) is 0 Å². The fourth-order valence-electron chi connectivity index (χ4n) is 1.35. The minimum absolute atomic E-state index is 0.122. The first-order valence-corrected chi connectivity index (χ1v) is 3.60. The minimum Gasteiger partial charge on any atom is -0.393 e. The molecule has 0 spiro atoms. The average molecular weight is 143 g/mol. The van der Waals surface area contributed by atoms with E-state index in [0.717, 1.165) is 0 Å². The molecule has 0 amide bonds. The van der Waals surface area contributed by atoms with E-state index in [1.807, 2.05) is 0 Å². The van der Waals surface area contributed by atoms with Crippen LogP contribution in [-0.2, 0) is 0 Å². The summed E-state index contributed by atoms with van der Waals surface area (Å²) in [7, 11) is 0. The minimum atomic E-state index is -0.402. The van der Waals surface area contributed by atoms with E-state index < -0.39 is 6.10 Å². The van der Waals surface area contributed by atoms with Gasteiger partial charge in [0.1, 0.15) is 0 Å². The molecule has 3 heteroatoms. The molecule has 58 valence electrons. The highest BCUT2D eigenvalue weighted by molar-refractivity contribution is 5.57. The summed E-state index contributed by atoms with van der Waals surface area (Å²) >= 11 is 0. The van der Waals surface area contributed by atoms with Crippen LogP contribution in [0.2, 0.25) is 0 Å². The molecule has 3 nitrogen and oxygen atoms in total. The first-order valence-electron chi connectivity index (χ1n) is 3.60. The number of rotatable bonds is 1. The molecular formula is C7H13NO2. The van der Waals surface area contributed by atoms with E-state index in [0.29, 0.717) is 19.3 Å². The summed E-state index contributed by atoms with van der Waals surface area (Å²) in [5.41, 5.74) is 0. The predicted molar refractivity (Wildman–Crippen MR) is 38.1 cm³/mol. The maximum Gasteiger partial charge on any atom is 0.0619 e. The number of aliphatic hydroxyl groups is 2. The molecule has 3 unspecified atom stereocenters. The van der Waals surface area contributed by atoms with Gasteiger partial charge in [-0.3, -0.25) is 0 Å². The Morgan fingerprint density at radius 3 is 2.50 bits per heavy atom. The molecule has 0 saturated heterocycles. The van der Waals surface area contributed by atoms with Crippen LogP contribution in [0.1, 0.15) is 19.3 Å². The number of nitrogens with one attached hydrogen (secondary N) is 1. The summed E-state index contributed by atoms with van der Waals surface area (Å²) in [6, 6.07) is 0. The van der Waals surface area contributed by atoms with Crippen molar-refractivity contribution in [2.75, 3.05) is 0 Å². The molecule has 3 atom stereocenters. The van der Waals surface area contributed by atoms with Gasteiger partial charge in [0.05, 0.1) is 12.2 Å². The third kappa shape index (κ3) is 1.55. The van der Waals surface area contributed by atoms with Crippen LogP contribution in [0, 0.1) is 11.3 Å². The Labute approximate surface area is 60.2 Å². The highest BCUT2D eigenvalue weighted by Crippen LogP contribution is 2.22. The molecule has 1 aliphatic carbocycles. The quantitative estimate of drug-likeness (QED) is 0.458. The molecule has 3 N–H and O–H groups in total. The fourth-order valence-corrected chi connectivity index (χ4v) is 1.35. The second-order valence-corrected chi connectivity index (χ2v) is 2.86. The highest BCUT2D eigenvalue weighted by Gasteiger charge is 2.25. The topological polar surface area (TPSA) is 64.3 Å². The van der Waals surface area contributed by atoms with Gasteiger partial charge in [0, 0.05) is 12.1 Å². The van der Waals surface area contributed by atoms with Crippen molar-refractivity contribution in [3.8, 4) is 0 Å². The van der Waals surface area contributed by atoms with Crippen LogP contribution in [0.3, 0.4) is 0 Å². The van der Waals surface area contributed by atoms with Crippen LogP contribution in [0.4, 0.5) is 0 Å². The largest absolute Gasteiger partial charge is 0.393 e. The maximum atomic E-state index is 9.22. The third-order valence-electron chi connectivity index (χ3n) is 2.05. The lowest BCUT2D eigenvalue weighted by Gasteiger charge is -2.27. The molecule has 0 aromatic heterocycles. The third-order valence-corrected chi connectivity index (χ3v) is 2.05. The molecule has 0 aromatic carbocycles. The summed E-state index contributed by atoms with van der Waals surface area (Å²) in [5, 5.41) is 25.3. The highest BCUT2D eigenvalue weighted by atomic mass is 16.3. The zero-order valence-electron chi connectivity index (χ0n) is 5.83. The van der Waals surface area contributed by atoms with Crippen molar-refractivity contribution in [3.05, 3.63) is 0 Å². The monoisotopic (exact) mass is 143 g/mol. The van der Waals surface area contributed by atoms with E-state index in [-0.39, 0.29) is 12.0 Å². The molecule has 0 bridgehead atoms. The van der Waals surface area contributed by atoms with Crippen LogP contribution >= 0.6 is 0 Å². The lowest BCUT2D eigenvalue weighted by molar-refractivity contribution is 0.0326. The molecule has 1 aliphatic rings. The van der Waals surface area contributed by atoms with E-state index in [4.69, 9.17) is 10.5 Å². The average Bonchev–Trinajstić information content (AvgIpc) is 1.94. The molecule has 1 fully saturated rings. The molecule has 1 saturated carbocycles. The lowest BCUT2D eigenvalue weighted by Crippen LogP contribution is -2.32. The first kappa shape index (κ1) is 7.69. The van der Waals surface area contributed by atoms with Gasteiger partial charge >= 0.3 is 0 Å². The van der Waals surface area contributed by atoms with Crippen molar-refractivity contribution in [3.63, 3.8) is 0 Å². The second-order valence-electron chi connectivity index (χ2n) is 2.86. The summed E-state index contributed by atoms with van der Waals surface area (Å²) in [6.45, 7) is 0. The molecule has 0 aromatic rings. The van der Waals surface area contributed by atoms with Crippen LogP contribution in [0.5, 0.6) is 0 Å². The van der Waals surface area contributed by atoms with Gasteiger partial charge in [-0.15, -0.1) is 0 Å². The van der Waals surface area contributed by atoms with Gasteiger partial charge in [-0.05, 0) is 19.3 Å². The van der Waals surface area contributed by atoms with Crippen molar-refractivity contribution in [2.24, 2.45) is 5.92 Å². The Kier molecular flexibility index (Phi) is 2.40. The van der Waals surface area contributed by atoms with Crippen LogP contribution in [-0.4, -0.2) is 28.6 Å². The second kappa shape index (κ2) is 3.12. The van der Waals surface area contributed by atoms with Gasteiger partial charge in [0.25, 0.3) is 0 Å². The standard InChI is InChI=1S/C7H13NO2/c8-4-5-3-6(9)1-2-7(5)10/h4-10H,1-3H2. The summed E-state index contributed by atoms with van der Waals surface area (Å²) in [6.07, 6.45) is 2.36. The van der Waals surface area contributed by atoms with Crippen molar-refractivity contribution in [1.29, 1.82) is 5.41 Å². The van der Waals surface area contributed by atoms with E-state index >= 15 is 0 Å². The Morgan fingerprint density at radius 2 is 2.00 bits per heavy atom.